The number of aliphatic hydroxyl groups excluding tert-OH is 2. The Labute approximate surface area is 193 Å². The summed E-state index contributed by atoms with van der Waals surface area (Å²) in [6, 6.07) is 13.2. The van der Waals surface area contributed by atoms with Gasteiger partial charge in [-0.25, -0.2) is 4.79 Å². The second kappa shape index (κ2) is 11.5. The zero-order valence-electron chi connectivity index (χ0n) is 18.4. The van der Waals surface area contributed by atoms with E-state index in [1.54, 1.807) is 0 Å². The number of carbonyl (C=O) groups is 1. The summed E-state index contributed by atoms with van der Waals surface area (Å²) < 4.78 is 11.6. The van der Waals surface area contributed by atoms with Crippen LogP contribution in [0.2, 0.25) is 5.02 Å². The number of halogens is 1. The molecule has 0 aliphatic carbocycles. The summed E-state index contributed by atoms with van der Waals surface area (Å²) in [6.07, 6.45) is -2.30. The van der Waals surface area contributed by atoms with Gasteiger partial charge in [-0.15, -0.1) is 0 Å². The first-order valence-corrected chi connectivity index (χ1v) is 11.3. The molecule has 4 atom stereocenters. The first-order chi connectivity index (χ1) is 15.4. The number of amides is 2. The SMILES string of the molecule is CCNC(=O)NC[C@H]1O[C@@H](c2ccc(Cl)c(Cc3ccc(OCC)cc3)c2)C[C@@H](O)[C@@H]1O. The molecule has 1 fully saturated rings. The van der Waals surface area contributed by atoms with Crippen molar-refractivity contribution in [3.63, 3.8) is 0 Å². The lowest BCUT2D eigenvalue weighted by Crippen LogP contribution is -2.51. The van der Waals surface area contributed by atoms with Gasteiger partial charge in [-0.1, -0.05) is 35.9 Å². The highest BCUT2D eigenvalue weighted by molar-refractivity contribution is 6.31. The molecule has 7 nitrogen and oxygen atoms in total. The van der Waals surface area contributed by atoms with Crippen LogP contribution in [0, 0.1) is 0 Å². The van der Waals surface area contributed by atoms with Gasteiger partial charge in [-0.3, -0.25) is 0 Å². The van der Waals surface area contributed by atoms with E-state index in [4.69, 9.17) is 21.1 Å². The number of nitrogens with one attached hydrogen (secondary N) is 2. The van der Waals surface area contributed by atoms with Gasteiger partial charge < -0.3 is 30.3 Å². The topological polar surface area (TPSA) is 100 Å². The van der Waals surface area contributed by atoms with E-state index in [1.165, 1.54) is 0 Å². The zero-order valence-corrected chi connectivity index (χ0v) is 19.1. The number of rotatable bonds is 8. The van der Waals surface area contributed by atoms with Crippen molar-refractivity contribution in [2.24, 2.45) is 0 Å². The van der Waals surface area contributed by atoms with Crippen molar-refractivity contribution in [1.29, 1.82) is 0 Å². The Morgan fingerprint density at radius 2 is 1.91 bits per heavy atom. The Morgan fingerprint density at radius 3 is 2.59 bits per heavy atom. The molecule has 2 aromatic carbocycles. The second-order valence-electron chi connectivity index (χ2n) is 7.80. The van der Waals surface area contributed by atoms with E-state index in [2.05, 4.69) is 10.6 Å². The highest BCUT2D eigenvalue weighted by Crippen LogP contribution is 2.34. The van der Waals surface area contributed by atoms with E-state index < -0.39 is 24.4 Å². The maximum Gasteiger partial charge on any atom is 0.314 e. The molecule has 1 aliphatic heterocycles. The summed E-state index contributed by atoms with van der Waals surface area (Å²) in [7, 11) is 0. The molecule has 3 rings (SSSR count). The summed E-state index contributed by atoms with van der Waals surface area (Å²) in [5.74, 6) is 0.825. The fourth-order valence-corrected chi connectivity index (χ4v) is 3.96. The number of benzene rings is 2. The Bertz CT molecular complexity index is 892. The molecule has 0 saturated carbocycles. The highest BCUT2D eigenvalue weighted by atomic mass is 35.5. The molecule has 4 N–H and O–H groups in total. The van der Waals surface area contributed by atoms with Crippen molar-refractivity contribution in [2.75, 3.05) is 19.7 Å². The van der Waals surface area contributed by atoms with Gasteiger partial charge in [-0.05, 0) is 55.2 Å². The molecular formula is C24H31ClN2O5. The maximum atomic E-state index is 11.7. The monoisotopic (exact) mass is 462 g/mol. The van der Waals surface area contributed by atoms with Crippen LogP contribution in [0.25, 0.3) is 0 Å². The molecule has 174 valence electrons. The molecule has 2 aromatic rings. The van der Waals surface area contributed by atoms with Crippen molar-refractivity contribution < 1.29 is 24.5 Å². The van der Waals surface area contributed by atoms with Gasteiger partial charge in [0.15, 0.2) is 0 Å². The highest BCUT2D eigenvalue weighted by Gasteiger charge is 2.37. The second-order valence-corrected chi connectivity index (χ2v) is 8.21. The Morgan fingerprint density at radius 1 is 1.16 bits per heavy atom. The summed E-state index contributed by atoms with van der Waals surface area (Å²) in [5, 5.41) is 26.6. The molecule has 1 aliphatic rings. The van der Waals surface area contributed by atoms with Gasteiger partial charge in [-0.2, -0.15) is 0 Å². The lowest BCUT2D eigenvalue weighted by Gasteiger charge is -2.37. The molecule has 32 heavy (non-hydrogen) atoms. The van der Waals surface area contributed by atoms with Crippen LogP contribution in [0.15, 0.2) is 42.5 Å². The average molecular weight is 463 g/mol. The molecular weight excluding hydrogens is 432 g/mol. The summed E-state index contributed by atoms with van der Waals surface area (Å²) in [5.41, 5.74) is 2.90. The van der Waals surface area contributed by atoms with E-state index >= 15 is 0 Å². The molecule has 0 radical (unpaired) electrons. The van der Waals surface area contributed by atoms with Crippen LogP contribution in [0.1, 0.15) is 43.1 Å². The number of carbonyl (C=O) groups excluding carboxylic acids is 1. The van der Waals surface area contributed by atoms with E-state index in [9.17, 15) is 15.0 Å². The van der Waals surface area contributed by atoms with Crippen molar-refractivity contribution in [2.45, 2.75) is 51.1 Å². The van der Waals surface area contributed by atoms with Crippen LogP contribution in [-0.2, 0) is 11.2 Å². The lowest BCUT2D eigenvalue weighted by atomic mass is 9.92. The Hall–Kier alpha value is -2.32. The largest absolute Gasteiger partial charge is 0.494 e. The minimum absolute atomic E-state index is 0.0905. The Kier molecular flexibility index (Phi) is 8.75. The minimum atomic E-state index is -1.08. The van der Waals surface area contributed by atoms with Crippen molar-refractivity contribution >= 4 is 17.6 Å². The number of hydrogen-bond donors (Lipinski definition) is 4. The number of urea groups is 1. The molecule has 1 heterocycles. The maximum absolute atomic E-state index is 11.7. The quantitative estimate of drug-likeness (QED) is 0.482. The van der Waals surface area contributed by atoms with Gasteiger partial charge in [0.05, 0.1) is 18.8 Å². The smallest absolute Gasteiger partial charge is 0.314 e. The third kappa shape index (κ3) is 6.36. The molecule has 0 aromatic heterocycles. The van der Waals surface area contributed by atoms with Gasteiger partial charge in [0.25, 0.3) is 0 Å². The van der Waals surface area contributed by atoms with Crippen LogP contribution in [-0.4, -0.2) is 54.3 Å². The van der Waals surface area contributed by atoms with Gasteiger partial charge in [0.2, 0.25) is 0 Å². The third-order valence-electron chi connectivity index (χ3n) is 5.44. The number of hydrogen-bond acceptors (Lipinski definition) is 5. The van der Waals surface area contributed by atoms with E-state index in [0.717, 1.165) is 22.4 Å². The summed E-state index contributed by atoms with van der Waals surface area (Å²) >= 11 is 6.45. The Balaban J connectivity index is 1.71. The van der Waals surface area contributed by atoms with Gasteiger partial charge in [0.1, 0.15) is 18.0 Å². The number of ether oxygens (including phenoxy) is 2. The van der Waals surface area contributed by atoms with Crippen molar-refractivity contribution in [1.82, 2.24) is 10.6 Å². The van der Waals surface area contributed by atoms with Crippen molar-refractivity contribution in [3.05, 3.63) is 64.2 Å². The van der Waals surface area contributed by atoms with Gasteiger partial charge in [0, 0.05) is 24.5 Å². The van der Waals surface area contributed by atoms with E-state index in [-0.39, 0.29) is 19.0 Å². The fourth-order valence-electron chi connectivity index (χ4n) is 3.77. The standard InChI is InChI=1S/C24H31ClN2O5/c1-3-26-24(30)27-14-22-23(29)20(28)13-21(32-22)16-7-10-19(25)17(12-16)11-15-5-8-18(9-6-15)31-4-2/h5-10,12,20-23,28-29H,3-4,11,13-14H2,1-2H3,(H2,26,27,30)/t20-,21-,22-,23+/m1/s1. The molecule has 0 spiro atoms. The van der Waals surface area contributed by atoms with E-state index in [1.807, 2.05) is 56.3 Å². The van der Waals surface area contributed by atoms with Crippen LogP contribution in [0.5, 0.6) is 5.75 Å². The average Bonchev–Trinajstić information content (AvgIpc) is 2.78. The summed E-state index contributed by atoms with van der Waals surface area (Å²) in [4.78, 5) is 11.7. The van der Waals surface area contributed by atoms with Gasteiger partial charge >= 0.3 is 6.03 Å². The van der Waals surface area contributed by atoms with Crippen LogP contribution in [0.3, 0.4) is 0 Å². The first kappa shape index (κ1) is 24.3. The molecule has 2 amide bonds. The number of aliphatic hydroxyl groups is 2. The molecule has 1 saturated heterocycles. The van der Waals surface area contributed by atoms with Crippen LogP contribution >= 0.6 is 11.6 Å². The van der Waals surface area contributed by atoms with E-state index in [0.29, 0.717) is 24.6 Å². The first-order valence-electron chi connectivity index (χ1n) is 10.9. The normalized spacial score (nSPS) is 22.9. The van der Waals surface area contributed by atoms with Crippen LogP contribution in [0.4, 0.5) is 4.79 Å². The third-order valence-corrected chi connectivity index (χ3v) is 5.81. The fraction of sp³-hybridized carbons (Fsp3) is 0.458. The zero-order chi connectivity index (χ0) is 23.1. The van der Waals surface area contributed by atoms with Crippen molar-refractivity contribution in [3.8, 4) is 5.75 Å². The molecule has 0 bridgehead atoms. The minimum Gasteiger partial charge on any atom is -0.494 e. The predicted octanol–water partition coefficient (Wildman–Crippen LogP) is 3.20. The lowest BCUT2D eigenvalue weighted by molar-refractivity contribution is -0.167. The van der Waals surface area contributed by atoms with Crippen LogP contribution < -0.4 is 15.4 Å². The summed E-state index contributed by atoms with van der Waals surface area (Å²) in [6.45, 7) is 4.97. The molecule has 0 unspecified atom stereocenters. The predicted molar refractivity (Wildman–Crippen MR) is 123 cm³/mol. The molecule has 8 heteroatoms.